The van der Waals surface area contributed by atoms with Gasteiger partial charge in [0.15, 0.2) is 0 Å². The Morgan fingerprint density at radius 3 is 2.42 bits per heavy atom. The molecule has 2 atom stereocenters. The minimum Gasteiger partial charge on any atom is -0.271 e. The first-order valence-electron chi connectivity index (χ1n) is 7.74. The standard InChI is InChI=1S/C17H28N2/c1-3-8-14(2)13-16(19-18)17(11-7-12-17)15-9-5-4-6-10-15/h4-6,9-10,14,16,19H,3,7-8,11-13,18H2,1-2H3. The SMILES string of the molecule is CCCC(C)CC(NN)C1(c2ccccc2)CCC1. The fourth-order valence-corrected chi connectivity index (χ4v) is 3.63. The van der Waals surface area contributed by atoms with Gasteiger partial charge in [-0.3, -0.25) is 11.3 Å². The number of benzene rings is 1. The van der Waals surface area contributed by atoms with Crippen LogP contribution in [0.25, 0.3) is 0 Å². The van der Waals surface area contributed by atoms with Gasteiger partial charge in [-0.1, -0.05) is 63.4 Å². The highest BCUT2D eigenvalue weighted by Gasteiger charge is 2.45. The number of hydrazine groups is 1. The van der Waals surface area contributed by atoms with E-state index in [1.165, 1.54) is 44.1 Å². The predicted molar refractivity (Wildman–Crippen MR) is 81.8 cm³/mol. The van der Waals surface area contributed by atoms with Gasteiger partial charge in [-0.15, -0.1) is 0 Å². The summed E-state index contributed by atoms with van der Waals surface area (Å²) < 4.78 is 0. The highest BCUT2D eigenvalue weighted by Crippen LogP contribution is 2.47. The summed E-state index contributed by atoms with van der Waals surface area (Å²) in [5.41, 5.74) is 4.87. The van der Waals surface area contributed by atoms with E-state index in [1.807, 2.05) is 0 Å². The minimum atomic E-state index is 0.276. The summed E-state index contributed by atoms with van der Waals surface area (Å²) in [6.07, 6.45) is 7.60. The number of nitrogens with one attached hydrogen (secondary N) is 1. The summed E-state index contributed by atoms with van der Waals surface area (Å²) in [4.78, 5) is 0. The Morgan fingerprint density at radius 2 is 1.95 bits per heavy atom. The van der Waals surface area contributed by atoms with Crippen LogP contribution in [0, 0.1) is 5.92 Å². The lowest BCUT2D eigenvalue weighted by molar-refractivity contribution is 0.148. The Labute approximate surface area is 117 Å². The summed E-state index contributed by atoms with van der Waals surface area (Å²) >= 11 is 0. The number of hydrogen-bond acceptors (Lipinski definition) is 2. The van der Waals surface area contributed by atoms with Crippen LogP contribution in [-0.4, -0.2) is 6.04 Å². The second-order valence-corrected chi connectivity index (χ2v) is 6.22. The average Bonchev–Trinajstić information content (AvgIpc) is 2.38. The van der Waals surface area contributed by atoms with Gasteiger partial charge in [0.1, 0.15) is 0 Å². The lowest BCUT2D eigenvalue weighted by Crippen LogP contribution is -2.55. The van der Waals surface area contributed by atoms with Crippen molar-refractivity contribution in [3.8, 4) is 0 Å². The summed E-state index contributed by atoms with van der Waals surface area (Å²) in [6.45, 7) is 4.61. The molecule has 0 bridgehead atoms. The molecule has 1 aliphatic carbocycles. The van der Waals surface area contributed by atoms with Crippen LogP contribution in [0.1, 0.15) is 57.9 Å². The largest absolute Gasteiger partial charge is 0.271 e. The Bertz CT molecular complexity index is 370. The molecule has 0 amide bonds. The molecule has 1 aliphatic rings. The first kappa shape index (κ1) is 14.5. The Balaban J connectivity index is 2.14. The van der Waals surface area contributed by atoms with Crippen LogP contribution in [0.3, 0.4) is 0 Å². The predicted octanol–water partition coefficient (Wildman–Crippen LogP) is 3.77. The molecule has 1 aromatic carbocycles. The maximum Gasteiger partial charge on any atom is 0.0309 e. The van der Waals surface area contributed by atoms with E-state index >= 15 is 0 Å². The van der Waals surface area contributed by atoms with E-state index < -0.39 is 0 Å². The van der Waals surface area contributed by atoms with Crippen molar-refractivity contribution in [1.82, 2.24) is 5.43 Å². The van der Waals surface area contributed by atoms with E-state index in [9.17, 15) is 0 Å². The molecule has 1 aromatic rings. The van der Waals surface area contributed by atoms with Crippen LogP contribution in [0.5, 0.6) is 0 Å². The molecule has 0 saturated heterocycles. The third-order valence-corrected chi connectivity index (χ3v) is 4.88. The second-order valence-electron chi connectivity index (χ2n) is 6.22. The van der Waals surface area contributed by atoms with Gasteiger partial charge in [0.05, 0.1) is 0 Å². The topological polar surface area (TPSA) is 38.0 Å². The zero-order valence-electron chi connectivity index (χ0n) is 12.4. The Kier molecular flexibility index (Phi) is 5.00. The normalized spacial score (nSPS) is 20.6. The lowest BCUT2D eigenvalue weighted by Gasteiger charge is -2.49. The van der Waals surface area contributed by atoms with E-state index in [0.717, 1.165) is 5.92 Å². The van der Waals surface area contributed by atoms with Crippen molar-refractivity contribution >= 4 is 0 Å². The van der Waals surface area contributed by atoms with Gasteiger partial charge in [0.2, 0.25) is 0 Å². The zero-order chi connectivity index (χ0) is 13.7. The number of nitrogens with two attached hydrogens (primary N) is 1. The van der Waals surface area contributed by atoms with E-state index in [4.69, 9.17) is 5.84 Å². The molecule has 2 nitrogen and oxygen atoms in total. The van der Waals surface area contributed by atoms with E-state index in [-0.39, 0.29) is 5.41 Å². The van der Waals surface area contributed by atoms with Crippen molar-refractivity contribution in [2.45, 2.75) is 63.8 Å². The molecule has 2 rings (SSSR count). The molecule has 1 fully saturated rings. The monoisotopic (exact) mass is 260 g/mol. The second kappa shape index (κ2) is 6.53. The highest BCUT2D eigenvalue weighted by molar-refractivity contribution is 5.30. The summed E-state index contributed by atoms with van der Waals surface area (Å²) in [5, 5.41) is 0. The summed E-state index contributed by atoms with van der Waals surface area (Å²) in [5.74, 6) is 6.64. The van der Waals surface area contributed by atoms with Crippen molar-refractivity contribution in [1.29, 1.82) is 0 Å². The smallest absolute Gasteiger partial charge is 0.0309 e. The highest BCUT2D eigenvalue weighted by atomic mass is 15.2. The van der Waals surface area contributed by atoms with Crippen molar-refractivity contribution in [3.63, 3.8) is 0 Å². The maximum atomic E-state index is 5.90. The molecular formula is C17H28N2. The van der Waals surface area contributed by atoms with Gasteiger partial charge in [0.25, 0.3) is 0 Å². The van der Waals surface area contributed by atoms with Gasteiger partial charge in [-0.25, -0.2) is 0 Å². The molecular weight excluding hydrogens is 232 g/mol. The quantitative estimate of drug-likeness (QED) is 0.578. The van der Waals surface area contributed by atoms with Crippen molar-refractivity contribution in [3.05, 3.63) is 35.9 Å². The third-order valence-electron chi connectivity index (χ3n) is 4.88. The van der Waals surface area contributed by atoms with Crippen LogP contribution in [0.15, 0.2) is 30.3 Å². The van der Waals surface area contributed by atoms with Crippen molar-refractivity contribution in [2.24, 2.45) is 11.8 Å². The number of rotatable bonds is 7. The first-order chi connectivity index (χ1) is 9.23. The number of hydrogen-bond donors (Lipinski definition) is 2. The fraction of sp³-hybridized carbons (Fsp3) is 0.647. The molecule has 0 radical (unpaired) electrons. The molecule has 2 unspecified atom stereocenters. The van der Waals surface area contributed by atoms with Crippen LogP contribution in [-0.2, 0) is 5.41 Å². The van der Waals surface area contributed by atoms with Gasteiger partial charge < -0.3 is 0 Å². The van der Waals surface area contributed by atoms with E-state index in [1.54, 1.807) is 0 Å². The van der Waals surface area contributed by atoms with E-state index in [0.29, 0.717) is 6.04 Å². The molecule has 1 saturated carbocycles. The molecule has 0 aliphatic heterocycles. The Morgan fingerprint density at radius 1 is 1.26 bits per heavy atom. The molecule has 2 heteroatoms. The van der Waals surface area contributed by atoms with Gasteiger partial charge in [-0.2, -0.15) is 0 Å². The molecule has 0 aromatic heterocycles. The lowest BCUT2D eigenvalue weighted by atomic mass is 9.59. The van der Waals surface area contributed by atoms with Crippen LogP contribution < -0.4 is 11.3 Å². The van der Waals surface area contributed by atoms with Gasteiger partial charge in [0, 0.05) is 11.5 Å². The summed E-state index contributed by atoms with van der Waals surface area (Å²) in [7, 11) is 0. The molecule has 3 N–H and O–H groups in total. The molecule has 19 heavy (non-hydrogen) atoms. The van der Waals surface area contributed by atoms with Gasteiger partial charge in [-0.05, 0) is 30.7 Å². The summed E-state index contributed by atoms with van der Waals surface area (Å²) in [6, 6.07) is 11.4. The maximum absolute atomic E-state index is 5.90. The first-order valence-corrected chi connectivity index (χ1v) is 7.74. The van der Waals surface area contributed by atoms with E-state index in [2.05, 4.69) is 49.6 Å². The fourth-order valence-electron chi connectivity index (χ4n) is 3.63. The Hall–Kier alpha value is -0.860. The van der Waals surface area contributed by atoms with Crippen LogP contribution in [0.2, 0.25) is 0 Å². The minimum absolute atomic E-state index is 0.276. The molecule has 0 spiro atoms. The third kappa shape index (κ3) is 3.01. The van der Waals surface area contributed by atoms with Gasteiger partial charge >= 0.3 is 0 Å². The van der Waals surface area contributed by atoms with Crippen molar-refractivity contribution < 1.29 is 0 Å². The van der Waals surface area contributed by atoms with Crippen LogP contribution in [0.4, 0.5) is 0 Å². The molecule has 0 heterocycles. The zero-order valence-corrected chi connectivity index (χ0v) is 12.4. The average molecular weight is 260 g/mol. The van der Waals surface area contributed by atoms with Crippen LogP contribution >= 0.6 is 0 Å². The van der Waals surface area contributed by atoms with Crippen molar-refractivity contribution in [2.75, 3.05) is 0 Å². The molecule has 106 valence electrons.